The number of carbonyl (C=O) groups is 3. The van der Waals surface area contributed by atoms with Gasteiger partial charge in [0.15, 0.2) is 5.78 Å². The molecule has 2 amide bonds. The minimum atomic E-state index is -0.446. The van der Waals surface area contributed by atoms with Gasteiger partial charge in [0.1, 0.15) is 5.82 Å². The molecule has 2 rings (SSSR count). The van der Waals surface area contributed by atoms with Crippen molar-refractivity contribution in [2.75, 3.05) is 0 Å². The van der Waals surface area contributed by atoms with E-state index in [9.17, 15) is 18.8 Å². The Morgan fingerprint density at radius 2 is 1.74 bits per heavy atom. The van der Waals surface area contributed by atoms with E-state index >= 15 is 0 Å². The summed E-state index contributed by atoms with van der Waals surface area (Å²) in [5, 5.41) is 0. The largest absolute Gasteiger partial charge is 0.294 e. The molecule has 1 heterocycles. The number of hydrogen-bond acceptors (Lipinski definition) is 3. The molecule has 1 aliphatic heterocycles. The first kappa shape index (κ1) is 17.1. The van der Waals surface area contributed by atoms with Crippen molar-refractivity contribution in [2.45, 2.75) is 44.9 Å². The second-order valence-electron chi connectivity index (χ2n) is 5.66. The van der Waals surface area contributed by atoms with Crippen LogP contribution in [0.1, 0.15) is 44.1 Å². The van der Waals surface area contributed by atoms with Crippen LogP contribution in [-0.2, 0) is 20.8 Å². The maximum atomic E-state index is 12.8. The lowest BCUT2D eigenvalue weighted by molar-refractivity contribution is -0.143. The van der Waals surface area contributed by atoms with Gasteiger partial charge in [-0.2, -0.15) is 0 Å². The van der Waals surface area contributed by atoms with Crippen LogP contribution < -0.4 is 0 Å². The van der Waals surface area contributed by atoms with Crippen molar-refractivity contribution in [2.24, 2.45) is 0 Å². The van der Waals surface area contributed by atoms with E-state index in [1.54, 1.807) is 12.1 Å². The third kappa shape index (κ3) is 5.43. The number of hydrogen-bond donors (Lipinski definition) is 0. The number of unbranched alkanes of at least 4 members (excludes halogenated alkanes) is 3. The Morgan fingerprint density at radius 3 is 2.43 bits per heavy atom. The van der Waals surface area contributed by atoms with Crippen LogP contribution in [0.15, 0.2) is 36.5 Å². The Balaban J connectivity index is 1.61. The maximum Gasteiger partial charge on any atom is 0.241 e. The molecule has 0 bridgehead atoms. The summed E-state index contributed by atoms with van der Waals surface area (Å²) in [6, 6.07) is 6.49. The molecule has 0 N–H and O–H groups in total. The van der Waals surface area contributed by atoms with Crippen LogP contribution in [0.5, 0.6) is 0 Å². The van der Waals surface area contributed by atoms with Gasteiger partial charge in [0.05, 0.1) is 6.42 Å². The number of nitrogens with zero attached hydrogens (tertiary/aromatic N) is 1. The summed E-state index contributed by atoms with van der Waals surface area (Å²) in [5.74, 6) is -1.19. The standard InChI is InChI=1S/C18H20FNO3/c19-15-9-7-14(8-10-15)5-3-1-2-4-6-17(22)20-12-11-16(21)13-18(20)23/h7-12H,1-6,13H2. The summed E-state index contributed by atoms with van der Waals surface area (Å²) in [4.78, 5) is 35.6. The van der Waals surface area contributed by atoms with Gasteiger partial charge in [-0.15, -0.1) is 0 Å². The lowest BCUT2D eigenvalue weighted by atomic mass is 10.0. The molecule has 0 saturated heterocycles. The van der Waals surface area contributed by atoms with Crippen LogP contribution in [0.25, 0.3) is 0 Å². The molecular formula is C18H20FNO3. The molecular weight excluding hydrogens is 297 g/mol. The van der Waals surface area contributed by atoms with Crippen LogP contribution >= 0.6 is 0 Å². The summed E-state index contributed by atoms with van der Waals surface area (Å²) in [5.41, 5.74) is 1.11. The number of imide groups is 1. The number of rotatable bonds is 7. The average molecular weight is 317 g/mol. The molecule has 0 saturated carbocycles. The molecule has 5 heteroatoms. The summed E-state index contributed by atoms with van der Waals surface area (Å²) in [6.45, 7) is 0. The second-order valence-corrected chi connectivity index (χ2v) is 5.66. The van der Waals surface area contributed by atoms with Gasteiger partial charge in [0, 0.05) is 12.6 Å². The molecule has 0 aliphatic carbocycles. The van der Waals surface area contributed by atoms with E-state index in [2.05, 4.69) is 0 Å². The molecule has 0 radical (unpaired) electrons. The van der Waals surface area contributed by atoms with Crippen LogP contribution in [-0.4, -0.2) is 22.5 Å². The molecule has 0 spiro atoms. The maximum absolute atomic E-state index is 12.8. The molecule has 4 nitrogen and oxygen atoms in total. The minimum Gasteiger partial charge on any atom is -0.294 e. The lowest BCUT2D eigenvalue weighted by Crippen LogP contribution is -2.35. The van der Waals surface area contributed by atoms with Gasteiger partial charge in [-0.05, 0) is 43.0 Å². The van der Waals surface area contributed by atoms with E-state index in [4.69, 9.17) is 0 Å². The van der Waals surface area contributed by atoms with E-state index < -0.39 is 5.91 Å². The number of aryl methyl sites for hydroxylation is 1. The molecule has 122 valence electrons. The average Bonchev–Trinajstić information content (AvgIpc) is 2.52. The van der Waals surface area contributed by atoms with E-state index in [-0.39, 0.29) is 23.9 Å². The first-order valence-electron chi connectivity index (χ1n) is 7.86. The number of ketones is 1. The molecule has 0 aromatic heterocycles. The van der Waals surface area contributed by atoms with Crippen LogP contribution in [0.3, 0.4) is 0 Å². The van der Waals surface area contributed by atoms with Gasteiger partial charge < -0.3 is 0 Å². The SMILES string of the molecule is O=C1C=CN(C(=O)CCCCCCc2ccc(F)cc2)C(=O)C1. The molecule has 1 aliphatic rings. The highest BCUT2D eigenvalue weighted by molar-refractivity contribution is 6.11. The molecule has 0 atom stereocenters. The van der Waals surface area contributed by atoms with Crippen LogP contribution in [0.4, 0.5) is 4.39 Å². The molecule has 0 fully saturated rings. The minimum absolute atomic E-state index is 0.222. The Kier molecular flexibility index (Phi) is 6.20. The zero-order valence-corrected chi connectivity index (χ0v) is 13.0. The summed E-state index contributed by atoms with van der Waals surface area (Å²) >= 11 is 0. The van der Waals surface area contributed by atoms with Crippen molar-refractivity contribution >= 4 is 17.6 Å². The van der Waals surface area contributed by atoms with Gasteiger partial charge in [0.25, 0.3) is 0 Å². The van der Waals surface area contributed by atoms with Crippen molar-refractivity contribution in [3.8, 4) is 0 Å². The normalized spacial score (nSPS) is 14.4. The highest BCUT2D eigenvalue weighted by atomic mass is 19.1. The van der Waals surface area contributed by atoms with Crippen molar-refractivity contribution in [1.82, 2.24) is 4.90 Å². The van der Waals surface area contributed by atoms with E-state index in [1.165, 1.54) is 24.4 Å². The van der Waals surface area contributed by atoms with E-state index in [0.29, 0.717) is 12.8 Å². The van der Waals surface area contributed by atoms with E-state index in [1.807, 2.05) is 0 Å². The van der Waals surface area contributed by atoms with Crippen molar-refractivity contribution in [3.05, 3.63) is 47.9 Å². The van der Waals surface area contributed by atoms with Gasteiger partial charge in [-0.3, -0.25) is 19.3 Å². The fraction of sp³-hybridized carbons (Fsp3) is 0.389. The Morgan fingerprint density at radius 1 is 1.04 bits per heavy atom. The third-order valence-electron chi connectivity index (χ3n) is 3.79. The van der Waals surface area contributed by atoms with E-state index in [0.717, 1.165) is 36.1 Å². The Labute approximate surface area is 135 Å². The molecule has 1 aromatic carbocycles. The number of halogens is 1. The van der Waals surface area contributed by atoms with Gasteiger partial charge >= 0.3 is 0 Å². The zero-order valence-electron chi connectivity index (χ0n) is 13.0. The van der Waals surface area contributed by atoms with Gasteiger partial charge in [-0.1, -0.05) is 25.0 Å². The summed E-state index contributed by atoms with van der Waals surface area (Å²) < 4.78 is 12.8. The van der Waals surface area contributed by atoms with Crippen molar-refractivity contribution < 1.29 is 18.8 Å². The fourth-order valence-electron chi connectivity index (χ4n) is 2.49. The molecule has 0 unspecified atom stereocenters. The first-order valence-corrected chi connectivity index (χ1v) is 7.86. The van der Waals surface area contributed by atoms with Gasteiger partial charge in [0.2, 0.25) is 11.8 Å². The quantitative estimate of drug-likeness (QED) is 0.573. The summed E-state index contributed by atoms with van der Waals surface area (Å²) in [6.07, 6.45) is 7.09. The predicted octanol–water partition coefficient (Wildman–Crippen LogP) is 3.16. The summed E-state index contributed by atoms with van der Waals surface area (Å²) in [7, 11) is 0. The fourth-order valence-corrected chi connectivity index (χ4v) is 2.49. The highest BCUT2D eigenvalue weighted by Gasteiger charge is 2.23. The van der Waals surface area contributed by atoms with Crippen LogP contribution in [0.2, 0.25) is 0 Å². The Hall–Kier alpha value is -2.30. The van der Waals surface area contributed by atoms with Gasteiger partial charge in [-0.25, -0.2) is 4.39 Å². The van der Waals surface area contributed by atoms with Crippen molar-refractivity contribution in [1.29, 1.82) is 0 Å². The first-order chi connectivity index (χ1) is 11.1. The van der Waals surface area contributed by atoms with Crippen LogP contribution in [0, 0.1) is 5.82 Å². The number of carbonyl (C=O) groups excluding carboxylic acids is 3. The lowest BCUT2D eigenvalue weighted by Gasteiger charge is -2.18. The third-order valence-corrected chi connectivity index (χ3v) is 3.79. The topological polar surface area (TPSA) is 54.5 Å². The zero-order chi connectivity index (χ0) is 16.7. The monoisotopic (exact) mass is 317 g/mol. The number of benzene rings is 1. The highest BCUT2D eigenvalue weighted by Crippen LogP contribution is 2.12. The van der Waals surface area contributed by atoms with Crippen molar-refractivity contribution in [3.63, 3.8) is 0 Å². The number of amides is 2. The number of allylic oxidation sites excluding steroid dienone is 1. The molecule has 23 heavy (non-hydrogen) atoms. The predicted molar refractivity (Wildman–Crippen MR) is 83.8 cm³/mol. The smallest absolute Gasteiger partial charge is 0.241 e. The Bertz CT molecular complexity index is 607. The molecule has 1 aromatic rings. The second kappa shape index (κ2) is 8.36.